The fraction of sp³-hybridized carbons (Fsp3) is 0.0149. The van der Waals surface area contributed by atoms with Gasteiger partial charge in [0.25, 0.3) is 0 Å². The molecule has 0 fully saturated rings. The number of benzene rings is 22. The Hall–Kier alpha value is -18.0. The molecule has 0 saturated carbocycles. The van der Waals surface area contributed by atoms with E-state index in [-0.39, 0.29) is 0 Å². The van der Waals surface area contributed by atoms with Gasteiger partial charge in [-0.1, -0.05) is 400 Å². The Morgan fingerprint density at radius 3 is 0.688 bits per heavy atom. The van der Waals surface area contributed by atoms with Gasteiger partial charge in [-0.25, -0.2) is 0 Å². The van der Waals surface area contributed by atoms with Gasteiger partial charge >= 0.3 is 0 Å². The number of hydrogen-bond donors (Lipinski definition) is 0. The summed E-state index contributed by atoms with van der Waals surface area (Å²) in [4.78, 5) is 0. The topological polar surface area (TPSA) is 19.7 Å². The van der Waals surface area contributed by atoms with E-state index in [2.05, 4.69) is 552 Å². The van der Waals surface area contributed by atoms with Crippen LogP contribution in [-0.4, -0.2) is 18.3 Å². The molecular weight excluding hydrogens is 1670 g/mol. The van der Waals surface area contributed by atoms with Crippen LogP contribution >= 0.6 is 0 Å². The highest BCUT2D eigenvalue weighted by Gasteiger charge is 2.48. The van der Waals surface area contributed by atoms with Crippen LogP contribution in [0.1, 0.15) is 44.5 Å². The Morgan fingerprint density at radius 2 is 0.348 bits per heavy atom. The van der Waals surface area contributed by atoms with Crippen molar-refractivity contribution in [2.45, 2.75) is 10.8 Å². The summed E-state index contributed by atoms with van der Waals surface area (Å²) in [6.45, 7) is 0. The minimum atomic E-state index is -0.515. The highest BCUT2D eigenvalue weighted by Crippen LogP contribution is 2.60. The minimum Gasteiger partial charge on any atom is -0.309 e. The molecule has 0 aliphatic heterocycles. The lowest BCUT2D eigenvalue weighted by Gasteiger charge is -2.34. The van der Waals surface area contributed by atoms with E-state index >= 15 is 0 Å². The van der Waals surface area contributed by atoms with Gasteiger partial charge < -0.3 is 18.3 Å². The van der Waals surface area contributed by atoms with Gasteiger partial charge in [-0.3, -0.25) is 0 Å². The van der Waals surface area contributed by atoms with E-state index in [1.165, 1.54) is 221 Å². The zero-order valence-corrected chi connectivity index (χ0v) is 75.6. The lowest BCUT2D eigenvalue weighted by molar-refractivity contribution is 0.769. The van der Waals surface area contributed by atoms with Crippen LogP contribution in [0.4, 0.5) is 0 Å². The molecular formula is C134H88N4. The zero-order chi connectivity index (χ0) is 90.9. The molecule has 0 spiro atoms. The summed E-state index contributed by atoms with van der Waals surface area (Å²) in [5, 5.41) is 9.87. The van der Waals surface area contributed by atoms with Gasteiger partial charge in [-0.15, -0.1) is 0 Å². The van der Waals surface area contributed by atoms with Crippen molar-refractivity contribution in [3.05, 3.63) is 578 Å². The minimum absolute atomic E-state index is 0.512. The van der Waals surface area contributed by atoms with Crippen LogP contribution in [-0.2, 0) is 10.8 Å². The Bertz CT molecular complexity index is 9200. The molecule has 22 aromatic carbocycles. The van der Waals surface area contributed by atoms with Crippen LogP contribution < -0.4 is 0 Å². The van der Waals surface area contributed by atoms with Gasteiger partial charge in [0, 0.05) is 65.8 Å². The highest BCUT2D eigenvalue weighted by atomic mass is 15.0. The van der Waals surface area contributed by atoms with Gasteiger partial charge in [0.1, 0.15) is 0 Å². The lowest BCUT2D eigenvalue weighted by atomic mass is 9.67. The second-order valence-electron chi connectivity index (χ2n) is 36.9. The first kappa shape index (κ1) is 79.8. The van der Waals surface area contributed by atoms with E-state index in [1.807, 2.05) is 0 Å². The first-order valence-corrected chi connectivity index (χ1v) is 47.8. The molecule has 26 aromatic rings. The molecule has 0 atom stereocenters. The van der Waals surface area contributed by atoms with E-state index in [0.29, 0.717) is 0 Å². The molecule has 644 valence electrons. The molecule has 4 aromatic heterocycles. The maximum Gasteiger partial charge on any atom is 0.0714 e. The monoisotopic (exact) mass is 1750 g/mol. The molecule has 4 heteroatoms. The van der Waals surface area contributed by atoms with E-state index in [0.717, 1.165) is 22.7 Å². The van der Waals surface area contributed by atoms with Gasteiger partial charge in [-0.2, -0.15) is 0 Å². The van der Waals surface area contributed by atoms with E-state index in [9.17, 15) is 0 Å². The maximum atomic E-state index is 2.54. The van der Waals surface area contributed by atoms with Crippen LogP contribution in [0.5, 0.6) is 0 Å². The third-order valence-corrected chi connectivity index (χ3v) is 29.5. The third kappa shape index (κ3) is 12.6. The maximum absolute atomic E-state index is 2.54. The molecule has 2 aliphatic rings. The summed E-state index contributed by atoms with van der Waals surface area (Å²) in [7, 11) is 0. The molecule has 2 aliphatic carbocycles. The van der Waals surface area contributed by atoms with Crippen LogP contribution in [0, 0.1) is 0 Å². The standard InChI is InChI=1S/2C67H44N2/c1-5-19-45(20-6-1)47-23-17-29-53(39-47)68-63-34-16-14-32-56(63)58-41-49(35-37-64(58)68)50-36-38-65-59(42-50)60-43-62-57(44-66(60)69(65)54-30-18-24-48(40-54)46-21-7-2-8-22-46)55-31-13-15-33-61(55)67(62,51-25-9-3-10-26-51)52-27-11-4-12-28-52;1-5-19-45(20-6-1)47-23-17-29-53(39-47)68-63-34-16-14-32-56(63)58-41-49(35-37-64(58)68)50-36-38-65-59(42-50)60-43-57-55-31-13-15-33-61(55)67(51-25-9-3-10-26-51,52-27-11-4-12-28-52)62(57)44-66(60)69(65)54-30-18-24-48(40-54)46-21-7-2-8-22-46/h2*1-44H. The Kier molecular flexibility index (Phi) is 18.8. The average Bonchev–Trinajstić information content (AvgIpc) is 1.52. The molecule has 0 bridgehead atoms. The average molecular weight is 1750 g/mol. The van der Waals surface area contributed by atoms with Crippen molar-refractivity contribution in [3.8, 4) is 112 Å². The SMILES string of the molecule is c1ccc(-c2cccc(-n3c4ccccc4c4cc(-c5ccc6c(c5)c5cc7c(cc5n6-c5cccc(-c6ccccc6)c5)-c5ccccc5C7(c5ccccc5)c5ccccc5)ccc43)c2)cc1.c1ccc(-c2cccc(-n3c4ccccc4c4cc(-c5ccc6c(c5)c5cc7c(cc5n6-c5cccc(-c6ccccc6)c5)C(c5ccccc5)(c5ccccc5)c5ccccc5-7)ccc43)c2)cc1. The van der Waals surface area contributed by atoms with Crippen molar-refractivity contribution in [1.29, 1.82) is 0 Å². The molecule has 0 amide bonds. The Balaban J connectivity index is 0.000000139. The molecule has 28 rings (SSSR count). The fourth-order valence-corrected chi connectivity index (χ4v) is 23.5. The Labute approximate surface area is 800 Å². The van der Waals surface area contributed by atoms with Gasteiger partial charge in [0.05, 0.1) is 55.0 Å². The molecule has 4 heterocycles. The van der Waals surface area contributed by atoms with Crippen molar-refractivity contribution in [2.75, 3.05) is 0 Å². The molecule has 0 radical (unpaired) electrons. The predicted molar refractivity (Wildman–Crippen MR) is 577 cm³/mol. The smallest absolute Gasteiger partial charge is 0.0714 e. The summed E-state index contributed by atoms with van der Waals surface area (Å²) in [5.41, 5.74) is 42.8. The molecule has 0 N–H and O–H groups in total. The van der Waals surface area contributed by atoms with Gasteiger partial charge in [0.2, 0.25) is 0 Å². The molecule has 4 nitrogen and oxygen atoms in total. The second kappa shape index (κ2) is 32.5. The molecule has 0 saturated heterocycles. The number of para-hydroxylation sites is 2. The first-order valence-electron chi connectivity index (χ1n) is 47.8. The van der Waals surface area contributed by atoms with Crippen LogP contribution in [0.2, 0.25) is 0 Å². The fourth-order valence-electron chi connectivity index (χ4n) is 23.5. The summed E-state index contributed by atoms with van der Waals surface area (Å²) >= 11 is 0. The van der Waals surface area contributed by atoms with E-state index in [4.69, 9.17) is 0 Å². The third-order valence-electron chi connectivity index (χ3n) is 29.5. The normalized spacial score (nSPS) is 12.8. The number of hydrogen-bond acceptors (Lipinski definition) is 0. The summed E-state index contributed by atoms with van der Waals surface area (Å²) in [5.74, 6) is 0. The van der Waals surface area contributed by atoms with Crippen molar-refractivity contribution < 1.29 is 0 Å². The summed E-state index contributed by atoms with van der Waals surface area (Å²) < 4.78 is 9.84. The quantitative estimate of drug-likeness (QED) is 0.103. The summed E-state index contributed by atoms with van der Waals surface area (Å²) in [6.07, 6.45) is 0. The van der Waals surface area contributed by atoms with E-state index in [1.54, 1.807) is 0 Å². The first-order chi connectivity index (χ1) is 68.4. The van der Waals surface area contributed by atoms with Crippen LogP contribution in [0.3, 0.4) is 0 Å². The summed E-state index contributed by atoms with van der Waals surface area (Å²) in [6, 6.07) is 197. The van der Waals surface area contributed by atoms with Crippen molar-refractivity contribution in [3.63, 3.8) is 0 Å². The number of fused-ring (bicyclic) bond motifs is 18. The highest BCUT2D eigenvalue weighted by molar-refractivity contribution is 6.17. The molecule has 138 heavy (non-hydrogen) atoms. The van der Waals surface area contributed by atoms with Crippen molar-refractivity contribution >= 4 is 87.2 Å². The van der Waals surface area contributed by atoms with Gasteiger partial charge in [0.15, 0.2) is 0 Å². The van der Waals surface area contributed by atoms with Crippen molar-refractivity contribution in [2.24, 2.45) is 0 Å². The number of rotatable bonds is 14. The largest absolute Gasteiger partial charge is 0.309 e. The number of aromatic nitrogens is 4. The van der Waals surface area contributed by atoms with Crippen LogP contribution in [0.25, 0.3) is 199 Å². The van der Waals surface area contributed by atoms with Gasteiger partial charge in [-0.05, 0) is 267 Å². The predicted octanol–water partition coefficient (Wildman–Crippen LogP) is 34.5. The van der Waals surface area contributed by atoms with Crippen molar-refractivity contribution in [1.82, 2.24) is 18.3 Å². The lowest BCUT2D eigenvalue weighted by Crippen LogP contribution is -2.28. The zero-order valence-electron chi connectivity index (χ0n) is 75.6. The second-order valence-corrected chi connectivity index (χ2v) is 36.9. The van der Waals surface area contributed by atoms with Crippen LogP contribution in [0.15, 0.2) is 534 Å². The van der Waals surface area contributed by atoms with E-state index < -0.39 is 10.8 Å². The molecule has 0 unspecified atom stereocenters. The number of nitrogens with zero attached hydrogens (tertiary/aromatic N) is 4. The Morgan fingerprint density at radius 1 is 0.116 bits per heavy atom.